The molecule has 0 heterocycles. The van der Waals surface area contributed by atoms with Gasteiger partial charge in [0, 0.05) is 12.6 Å². The average Bonchev–Trinajstić information content (AvgIpc) is 2.90. The minimum Gasteiger partial charge on any atom is -0.352 e. The van der Waals surface area contributed by atoms with Gasteiger partial charge in [-0.25, -0.2) is 12.8 Å². The molecule has 0 bridgehead atoms. The Hall–Kier alpha value is -3.43. The van der Waals surface area contributed by atoms with Gasteiger partial charge in [0.25, 0.3) is 10.0 Å². The predicted molar refractivity (Wildman–Crippen MR) is 151 cm³/mol. The van der Waals surface area contributed by atoms with Crippen molar-refractivity contribution >= 4 is 39.1 Å². The summed E-state index contributed by atoms with van der Waals surface area (Å²) in [5.74, 6) is -1.65. The second kappa shape index (κ2) is 13.1. The van der Waals surface area contributed by atoms with Crippen LogP contribution in [0.25, 0.3) is 0 Å². The molecule has 0 aromatic heterocycles. The highest BCUT2D eigenvalue weighted by Gasteiger charge is 2.34. The van der Waals surface area contributed by atoms with Gasteiger partial charge >= 0.3 is 0 Å². The summed E-state index contributed by atoms with van der Waals surface area (Å²) in [5, 5.41) is 2.57. The number of amides is 2. The van der Waals surface area contributed by atoms with Crippen molar-refractivity contribution in [2.75, 3.05) is 10.8 Å². The van der Waals surface area contributed by atoms with E-state index in [9.17, 15) is 22.4 Å². The standard InChI is InChI=1S/C29H33ClFN3O4S/c1-5-27(29(36)32-20(2)3)33(18-22-13-11-21(4)12-14-22)28(35)19-34(23-15-16-26(31)25(30)17-23)39(37,38)24-9-7-6-8-10-24/h6-17,20,27H,5,18-19H2,1-4H3,(H,32,36). The van der Waals surface area contributed by atoms with Crippen LogP contribution in [0.5, 0.6) is 0 Å². The minimum atomic E-state index is -4.26. The second-order valence-corrected chi connectivity index (χ2v) is 11.8. The van der Waals surface area contributed by atoms with Crippen molar-refractivity contribution in [3.8, 4) is 0 Å². The van der Waals surface area contributed by atoms with Gasteiger partial charge in [0.2, 0.25) is 11.8 Å². The van der Waals surface area contributed by atoms with E-state index < -0.39 is 34.3 Å². The van der Waals surface area contributed by atoms with E-state index in [0.29, 0.717) is 6.42 Å². The van der Waals surface area contributed by atoms with Crippen LogP contribution in [0, 0.1) is 12.7 Å². The third-order valence-electron chi connectivity index (χ3n) is 6.09. The van der Waals surface area contributed by atoms with E-state index in [1.54, 1.807) is 25.1 Å². The highest BCUT2D eigenvalue weighted by atomic mass is 35.5. The van der Waals surface area contributed by atoms with E-state index in [-0.39, 0.29) is 34.1 Å². The van der Waals surface area contributed by atoms with E-state index in [1.165, 1.54) is 23.1 Å². The molecule has 10 heteroatoms. The molecule has 3 aromatic carbocycles. The molecule has 0 aliphatic heterocycles. The number of hydrogen-bond donors (Lipinski definition) is 1. The monoisotopic (exact) mass is 573 g/mol. The molecular weight excluding hydrogens is 541 g/mol. The van der Waals surface area contributed by atoms with Crippen LogP contribution in [-0.4, -0.2) is 43.8 Å². The Bertz CT molecular complexity index is 1400. The van der Waals surface area contributed by atoms with Gasteiger partial charge in [-0.05, 0) is 63.1 Å². The third kappa shape index (κ3) is 7.58. The Balaban J connectivity index is 2.07. The van der Waals surface area contributed by atoms with E-state index in [0.717, 1.165) is 27.6 Å². The lowest BCUT2D eigenvalue weighted by Gasteiger charge is -2.33. The van der Waals surface area contributed by atoms with Crippen LogP contribution < -0.4 is 9.62 Å². The smallest absolute Gasteiger partial charge is 0.264 e. The molecule has 3 rings (SSSR count). The van der Waals surface area contributed by atoms with E-state index >= 15 is 0 Å². The van der Waals surface area contributed by atoms with Crippen molar-refractivity contribution in [1.29, 1.82) is 0 Å². The number of carbonyl (C=O) groups is 2. The first-order valence-electron chi connectivity index (χ1n) is 12.6. The first kappa shape index (κ1) is 30.1. The SMILES string of the molecule is CCC(C(=O)NC(C)C)N(Cc1ccc(C)cc1)C(=O)CN(c1ccc(F)c(Cl)c1)S(=O)(=O)c1ccccc1. The normalized spacial score (nSPS) is 12.2. The molecule has 1 unspecified atom stereocenters. The predicted octanol–water partition coefficient (Wildman–Crippen LogP) is 5.31. The second-order valence-electron chi connectivity index (χ2n) is 9.52. The van der Waals surface area contributed by atoms with E-state index in [2.05, 4.69) is 5.32 Å². The molecule has 3 aromatic rings. The lowest BCUT2D eigenvalue weighted by molar-refractivity contribution is -0.140. The summed E-state index contributed by atoms with van der Waals surface area (Å²) >= 11 is 5.99. The molecular formula is C29H33ClFN3O4S. The summed E-state index contributed by atoms with van der Waals surface area (Å²) in [5.41, 5.74) is 1.84. The molecule has 0 fully saturated rings. The molecule has 0 aliphatic carbocycles. The summed E-state index contributed by atoms with van der Waals surface area (Å²) in [4.78, 5) is 28.4. The van der Waals surface area contributed by atoms with Crippen LogP contribution in [0.2, 0.25) is 5.02 Å². The fourth-order valence-corrected chi connectivity index (χ4v) is 5.68. The molecule has 1 N–H and O–H groups in total. The number of halogens is 2. The maximum Gasteiger partial charge on any atom is 0.264 e. The van der Waals surface area contributed by atoms with Crippen LogP contribution >= 0.6 is 11.6 Å². The van der Waals surface area contributed by atoms with Crippen molar-refractivity contribution in [2.45, 2.75) is 57.6 Å². The van der Waals surface area contributed by atoms with Gasteiger partial charge < -0.3 is 10.2 Å². The van der Waals surface area contributed by atoms with Crippen LogP contribution in [0.4, 0.5) is 10.1 Å². The molecule has 1 atom stereocenters. The van der Waals surface area contributed by atoms with Crippen molar-refractivity contribution in [3.63, 3.8) is 0 Å². The maximum atomic E-state index is 14.0. The van der Waals surface area contributed by atoms with Gasteiger partial charge in [-0.2, -0.15) is 0 Å². The number of anilines is 1. The average molecular weight is 574 g/mol. The zero-order valence-electron chi connectivity index (χ0n) is 22.4. The Kier molecular flexibility index (Phi) is 10.1. The number of nitrogens with zero attached hydrogens (tertiary/aromatic N) is 2. The Morgan fingerprint density at radius 1 is 1.00 bits per heavy atom. The van der Waals surface area contributed by atoms with Crippen LogP contribution in [-0.2, 0) is 26.2 Å². The summed E-state index contributed by atoms with van der Waals surface area (Å²) in [6.45, 7) is 6.84. The number of hydrogen-bond acceptors (Lipinski definition) is 4. The van der Waals surface area contributed by atoms with Gasteiger partial charge in [0.1, 0.15) is 18.4 Å². The topological polar surface area (TPSA) is 86.8 Å². The number of rotatable bonds is 11. The van der Waals surface area contributed by atoms with E-state index in [1.807, 2.05) is 45.0 Å². The zero-order valence-corrected chi connectivity index (χ0v) is 24.0. The highest BCUT2D eigenvalue weighted by molar-refractivity contribution is 7.92. The molecule has 0 saturated carbocycles. The Labute approximate surface area is 234 Å². The molecule has 39 heavy (non-hydrogen) atoms. The molecule has 208 valence electrons. The number of carbonyl (C=O) groups excluding carboxylic acids is 2. The Morgan fingerprint density at radius 3 is 2.21 bits per heavy atom. The lowest BCUT2D eigenvalue weighted by atomic mass is 10.1. The summed E-state index contributed by atoms with van der Waals surface area (Å²) < 4.78 is 42.3. The number of sulfonamides is 1. The zero-order chi connectivity index (χ0) is 28.7. The molecule has 7 nitrogen and oxygen atoms in total. The van der Waals surface area contributed by atoms with Crippen molar-refractivity contribution in [1.82, 2.24) is 10.2 Å². The molecule has 0 spiro atoms. The fraction of sp³-hybridized carbons (Fsp3) is 0.310. The Morgan fingerprint density at radius 2 is 1.64 bits per heavy atom. The summed E-state index contributed by atoms with van der Waals surface area (Å²) in [6.07, 6.45) is 0.309. The summed E-state index contributed by atoms with van der Waals surface area (Å²) in [6, 6.07) is 17.6. The van der Waals surface area contributed by atoms with Gasteiger partial charge in [0.05, 0.1) is 15.6 Å². The van der Waals surface area contributed by atoms with Crippen molar-refractivity contribution in [3.05, 3.63) is 94.8 Å². The van der Waals surface area contributed by atoms with Crippen LogP contribution in [0.3, 0.4) is 0 Å². The highest BCUT2D eigenvalue weighted by Crippen LogP contribution is 2.28. The van der Waals surface area contributed by atoms with Gasteiger partial charge in [0.15, 0.2) is 0 Å². The van der Waals surface area contributed by atoms with Crippen LogP contribution in [0.1, 0.15) is 38.3 Å². The fourth-order valence-electron chi connectivity index (χ4n) is 4.08. The first-order chi connectivity index (χ1) is 18.4. The molecule has 0 saturated heterocycles. The molecule has 0 radical (unpaired) electrons. The van der Waals surface area contributed by atoms with E-state index in [4.69, 9.17) is 11.6 Å². The van der Waals surface area contributed by atoms with Gasteiger partial charge in [-0.1, -0.05) is 66.6 Å². The van der Waals surface area contributed by atoms with Crippen molar-refractivity contribution < 1.29 is 22.4 Å². The third-order valence-corrected chi connectivity index (χ3v) is 8.17. The first-order valence-corrected chi connectivity index (χ1v) is 14.4. The van der Waals surface area contributed by atoms with Crippen LogP contribution in [0.15, 0.2) is 77.7 Å². The maximum absolute atomic E-state index is 14.0. The minimum absolute atomic E-state index is 0.0218. The quantitative estimate of drug-likeness (QED) is 0.337. The number of benzene rings is 3. The summed E-state index contributed by atoms with van der Waals surface area (Å²) in [7, 11) is -4.26. The number of nitrogens with one attached hydrogen (secondary N) is 1. The molecule has 2 amide bonds. The molecule has 0 aliphatic rings. The largest absolute Gasteiger partial charge is 0.352 e. The van der Waals surface area contributed by atoms with Gasteiger partial charge in [-0.3, -0.25) is 13.9 Å². The van der Waals surface area contributed by atoms with Crippen molar-refractivity contribution in [2.24, 2.45) is 0 Å². The number of aryl methyl sites for hydroxylation is 1. The van der Waals surface area contributed by atoms with Gasteiger partial charge in [-0.15, -0.1) is 0 Å². The lowest BCUT2D eigenvalue weighted by Crippen LogP contribution is -2.53.